The lowest BCUT2D eigenvalue weighted by atomic mass is 9.77. The summed E-state index contributed by atoms with van der Waals surface area (Å²) in [5.41, 5.74) is -0.654. The first-order chi connectivity index (χ1) is 9.99. The molecular weight excluding hydrogens is 274 g/mol. The Morgan fingerprint density at radius 3 is 2.71 bits per heavy atom. The first kappa shape index (κ1) is 15.5. The number of pyridine rings is 1. The van der Waals surface area contributed by atoms with Gasteiger partial charge in [-0.25, -0.2) is 0 Å². The highest BCUT2D eigenvalue weighted by molar-refractivity contribution is 5.58. The summed E-state index contributed by atoms with van der Waals surface area (Å²) in [5, 5.41) is 24.0. The molecule has 0 atom stereocenters. The van der Waals surface area contributed by atoms with Gasteiger partial charge in [-0.05, 0) is 31.6 Å². The van der Waals surface area contributed by atoms with Gasteiger partial charge in [-0.3, -0.25) is 10.1 Å². The highest BCUT2D eigenvalue weighted by atomic mass is 16.6. The SMILES string of the molecule is COc1ccc([N+](=O)[O-])c(NC2(CO)CCC(C)CC2)n1. The van der Waals surface area contributed by atoms with E-state index in [1.54, 1.807) is 0 Å². The number of ether oxygens (including phenoxy) is 1. The van der Waals surface area contributed by atoms with Gasteiger partial charge in [0, 0.05) is 12.1 Å². The highest BCUT2D eigenvalue weighted by Gasteiger charge is 2.35. The van der Waals surface area contributed by atoms with Crippen LogP contribution in [0.3, 0.4) is 0 Å². The van der Waals surface area contributed by atoms with Crippen LogP contribution in [0.1, 0.15) is 32.6 Å². The van der Waals surface area contributed by atoms with E-state index in [0.29, 0.717) is 11.8 Å². The molecule has 116 valence electrons. The molecule has 7 nitrogen and oxygen atoms in total. The minimum absolute atomic E-state index is 0.0736. The summed E-state index contributed by atoms with van der Waals surface area (Å²) < 4.78 is 5.03. The van der Waals surface area contributed by atoms with Gasteiger partial charge in [0.15, 0.2) is 0 Å². The van der Waals surface area contributed by atoms with E-state index in [0.717, 1.165) is 25.7 Å². The molecule has 0 spiro atoms. The molecule has 0 amide bonds. The number of aliphatic hydroxyl groups excluding tert-OH is 1. The molecule has 1 aromatic heterocycles. The predicted octanol–water partition coefficient (Wildman–Crippen LogP) is 2.35. The fourth-order valence-electron chi connectivity index (χ4n) is 2.68. The number of nitrogens with zero attached hydrogens (tertiary/aromatic N) is 2. The van der Waals surface area contributed by atoms with Gasteiger partial charge in [0.05, 0.1) is 24.2 Å². The molecule has 1 aliphatic carbocycles. The third-order valence-electron chi connectivity index (χ3n) is 4.17. The van der Waals surface area contributed by atoms with Gasteiger partial charge in [0.2, 0.25) is 11.7 Å². The van der Waals surface area contributed by atoms with E-state index in [1.807, 2.05) is 0 Å². The second kappa shape index (κ2) is 6.26. The molecule has 0 saturated heterocycles. The van der Waals surface area contributed by atoms with Crippen molar-refractivity contribution in [3.8, 4) is 5.88 Å². The minimum atomic E-state index is -0.545. The van der Waals surface area contributed by atoms with Crippen molar-refractivity contribution in [3.63, 3.8) is 0 Å². The van der Waals surface area contributed by atoms with Crippen molar-refractivity contribution < 1.29 is 14.8 Å². The fourth-order valence-corrected chi connectivity index (χ4v) is 2.68. The molecule has 1 heterocycles. The molecule has 0 bridgehead atoms. The molecule has 0 radical (unpaired) electrons. The van der Waals surface area contributed by atoms with E-state index in [9.17, 15) is 15.2 Å². The molecule has 0 aromatic carbocycles. The summed E-state index contributed by atoms with van der Waals surface area (Å²) in [6, 6.07) is 2.82. The van der Waals surface area contributed by atoms with Crippen LogP contribution in [-0.2, 0) is 0 Å². The maximum Gasteiger partial charge on any atom is 0.311 e. The third kappa shape index (κ3) is 3.41. The van der Waals surface area contributed by atoms with E-state index in [2.05, 4.69) is 17.2 Å². The van der Waals surface area contributed by atoms with Crippen molar-refractivity contribution in [2.45, 2.75) is 38.1 Å². The minimum Gasteiger partial charge on any atom is -0.481 e. The Morgan fingerprint density at radius 1 is 1.52 bits per heavy atom. The normalized spacial score (nSPS) is 25.4. The Labute approximate surface area is 123 Å². The first-order valence-corrected chi connectivity index (χ1v) is 7.08. The molecule has 2 N–H and O–H groups in total. The van der Waals surface area contributed by atoms with Crippen molar-refractivity contribution in [2.24, 2.45) is 5.92 Å². The second-order valence-corrected chi connectivity index (χ2v) is 5.72. The maximum atomic E-state index is 11.1. The fraction of sp³-hybridized carbons (Fsp3) is 0.643. The average Bonchev–Trinajstić information content (AvgIpc) is 2.49. The number of methoxy groups -OCH3 is 1. The molecule has 1 aromatic rings. The van der Waals surface area contributed by atoms with Crippen molar-refractivity contribution in [3.05, 3.63) is 22.2 Å². The summed E-state index contributed by atoms with van der Waals surface area (Å²) in [6.07, 6.45) is 3.48. The van der Waals surface area contributed by atoms with E-state index in [4.69, 9.17) is 4.74 Å². The molecule has 1 aliphatic rings. The summed E-state index contributed by atoms with van der Waals surface area (Å²) in [5.74, 6) is 1.07. The van der Waals surface area contributed by atoms with Crippen molar-refractivity contribution in [1.82, 2.24) is 4.98 Å². The van der Waals surface area contributed by atoms with Gasteiger partial charge in [0.1, 0.15) is 0 Å². The van der Waals surface area contributed by atoms with Crippen LogP contribution in [0.15, 0.2) is 12.1 Å². The van der Waals surface area contributed by atoms with Crippen molar-refractivity contribution in [1.29, 1.82) is 0 Å². The highest BCUT2D eigenvalue weighted by Crippen LogP contribution is 2.36. The lowest BCUT2D eigenvalue weighted by molar-refractivity contribution is -0.384. The third-order valence-corrected chi connectivity index (χ3v) is 4.17. The number of nitrogens with one attached hydrogen (secondary N) is 1. The van der Waals surface area contributed by atoms with Crippen molar-refractivity contribution >= 4 is 11.5 Å². The van der Waals surface area contributed by atoms with E-state index >= 15 is 0 Å². The van der Waals surface area contributed by atoms with Crippen molar-refractivity contribution in [2.75, 3.05) is 19.0 Å². The summed E-state index contributed by atoms with van der Waals surface area (Å²) >= 11 is 0. The Morgan fingerprint density at radius 2 is 2.19 bits per heavy atom. The zero-order chi connectivity index (χ0) is 15.5. The Bertz CT molecular complexity index is 513. The monoisotopic (exact) mass is 295 g/mol. The largest absolute Gasteiger partial charge is 0.481 e. The number of aliphatic hydroxyl groups is 1. The standard InChI is InChI=1S/C14H21N3O4/c1-10-5-7-14(9-18,8-6-10)16-13-11(17(19)20)3-4-12(15-13)21-2/h3-4,10,18H,5-9H2,1-2H3,(H,15,16). The number of hydrogen-bond acceptors (Lipinski definition) is 6. The zero-order valence-electron chi connectivity index (χ0n) is 12.3. The van der Waals surface area contributed by atoms with E-state index < -0.39 is 10.5 Å². The smallest absolute Gasteiger partial charge is 0.311 e. The molecule has 1 saturated carbocycles. The Hall–Kier alpha value is -1.89. The number of hydrogen-bond donors (Lipinski definition) is 2. The topological polar surface area (TPSA) is 97.5 Å². The lowest BCUT2D eigenvalue weighted by Gasteiger charge is -2.39. The summed E-state index contributed by atoms with van der Waals surface area (Å²) in [7, 11) is 1.46. The van der Waals surface area contributed by atoms with E-state index in [1.165, 1.54) is 19.2 Å². The first-order valence-electron chi connectivity index (χ1n) is 7.08. The van der Waals surface area contributed by atoms with Gasteiger partial charge in [-0.1, -0.05) is 6.92 Å². The van der Waals surface area contributed by atoms with E-state index in [-0.39, 0.29) is 18.1 Å². The average molecular weight is 295 g/mol. The molecule has 1 fully saturated rings. The van der Waals surface area contributed by atoms with Gasteiger partial charge in [-0.15, -0.1) is 0 Å². The number of anilines is 1. The van der Waals surface area contributed by atoms with Gasteiger partial charge in [0.25, 0.3) is 0 Å². The van der Waals surface area contributed by atoms with Gasteiger partial charge in [-0.2, -0.15) is 4.98 Å². The number of aromatic nitrogens is 1. The Kier molecular flexibility index (Phi) is 4.62. The van der Waals surface area contributed by atoms with Crippen LogP contribution in [0.25, 0.3) is 0 Å². The van der Waals surface area contributed by atoms with Gasteiger partial charge >= 0.3 is 5.69 Å². The molecule has 0 aliphatic heterocycles. The van der Waals surface area contributed by atoms with Crippen LogP contribution < -0.4 is 10.1 Å². The summed E-state index contributed by atoms with van der Waals surface area (Å²) in [4.78, 5) is 14.8. The second-order valence-electron chi connectivity index (χ2n) is 5.72. The quantitative estimate of drug-likeness (QED) is 0.639. The van der Waals surface area contributed by atoms with Crippen LogP contribution >= 0.6 is 0 Å². The Balaban J connectivity index is 2.29. The van der Waals surface area contributed by atoms with Gasteiger partial charge < -0.3 is 15.2 Å². The van der Waals surface area contributed by atoms with Crippen LogP contribution in [-0.4, -0.2) is 34.3 Å². The number of nitro groups is 1. The van der Waals surface area contributed by atoms with Crippen LogP contribution in [0, 0.1) is 16.0 Å². The molecule has 2 rings (SSSR count). The summed E-state index contributed by atoms with van der Waals surface area (Å²) in [6.45, 7) is 2.10. The molecular formula is C14H21N3O4. The molecule has 21 heavy (non-hydrogen) atoms. The van der Waals surface area contributed by atoms with Crippen LogP contribution in [0.2, 0.25) is 0 Å². The predicted molar refractivity (Wildman–Crippen MR) is 78.5 cm³/mol. The molecule has 7 heteroatoms. The maximum absolute atomic E-state index is 11.1. The molecule has 0 unspecified atom stereocenters. The zero-order valence-corrected chi connectivity index (χ0v) is 12.3. The number of rotatable bonds is 5. The van der Waals surface area contributed by atoms with Crippen LogP contribution in [0.4, 0.5) is 11.5 Å². The van der Waals surface area contributed by atoms with Crippen LogP contribution in [0.5, 0.6) is 5.88 Å². The lowest BCUT2D eigenvalue weighted by Crippen LogP contribution is -2.45.